The van der Waals surface area contributed by atoms with Crippen molar-refractivity contribution in [3.05, 3.63) is 79.4 Å². The molecule has 8 heteroatoms. The van der Waals surface area contributed by atoms with Crippen LogP contribution >= 0.6 is 0 Å². The number of hydrogen-bond acceptors (Lipinski definition) is 4. The lowest BCUT2D eigenvalue weighted by molar-refractivity contribution is -0.115. The smallest absolute Gasteiger partial charge is 0.258 e. The van der Waals surface area contributed by atoms with Gasteiger partial charge in [-0.1, -0.05) is 24.3 Å². The van der Waals surface area contributed by atoms with Crippen molar-refractivity contribution in [2.45, 2.75) is 4.90 Å². The number of para-hydroxylation sites is 2. The van der Waals surface area contributed by atoms with Crippen LogP contribution in [-0.2, 0) is 14.8 Å². The van der Waals surface area contributed by atoms with E-state index in [4.69, 9.17) is 0 Å². The van der Waals surface area contributed by atoms with E-state index in [9.17, 15) is 18.0 Å². The first-order valence-corrected chi connectivity index (χ1v) is 10.3. The van der Waals surface area contributed by atoms with Crippen LogP contribution in [0.3, 0.4) is 0 Å². The van der Waals surface area contributed by atoms with Gasteiger partial charge in [0.1, 0.15) is 6.54 Å². The van der Waals surface area contributed by atoms with Crippen LogP contribution in [0.25, 0.3) is 0 Å². The van der Waals surface area contributed by atoms with E-state index in [1.54, 1.807) is 24.3 Å². The van der Waals surface area contributed by atoms with Gasteiger partial charge in [0.15, 0.2) is 0 Å². The molecule has 0 aliphatic carbocycles. The number of amides is 2. The number of benzene rings is 2. The number of rotatable bonds is 7. The molecule has 0 radical (unpaired) electrons. The average Bonchev–Trinajstić information content (AvgIpc) is 2.72. The lowest BCUT2D eigenvalue weighted by atomic mass is 10.1. The van der Waals surface area contributed by atoms with Crippen molar-refractivity contribution in [1.29, 1.82) is 0 Å². The maximum Gasteiger partial charge on any atom is 0.258 e. The molecule has 150 valence electrons. The van der Waals surface area contributed by atoms with Gasteiger partial charge in [0, 0.05) is 18.7 Å². The van der Waals surface area contributed by atoms with Gasteiger partial charge in [-0.2, -0.15) is 4.31 Å². The number of sulfonamides is 1. The fraction of sp³-hybridized carbons (Fsp3) is 0.143. The monoisotopic (exact) mass is 411 g/mol. The molecule has 0 saturated heterocycles. The Hall–Kier alpha value is -3.23. The zero-order valence-corrected chi connectivity index (χ0v) is 16.6. The summed E-state index contributed by atoms with van der Waals surface area (Å²) in [6.07, 6.45) is 3.00. The Balaban J connectivity index is 1.89. The van der Waals surface area contributed by atoms with Crippen LogP contribution < -0.4 is 10.2 Å². The van der Waals surface area contributed by atoms with Crippen molar-refractivity contribution in [3.63, 3.8) is 0 Å². The summed E-state index contributed by atoms with van der Waals surface area (Å²) in [7, 11) is -3.75. The SMILES string of the molecule is C=CCN(CC=C)S(=O)(=O)c1ccc(C(=O)N2CC(=O)Nc3ccccc32)cc1. The second kappa shape index (κ2) is 8.42. The minimum Gasteiger partial charge on any atom is -0.323 e. The first-order chi connectivity index (χ1) is 13.9. The molecule has 29 heavy (non-hydrogen) atoms. The highest BCUT2D eigenvalue weighted by atomic mass is 32.2. The van der Waals surface area contributed by atoms with Crippen molar-refractivity contribution in [2.75, 3.05) is 29.9 Å². The fourth-order valence-corrected chi connectivity index (χ4v) is 4.43. The van der Waals surface area contributed by atoms with Gasteiger partial charge in [-0.15, -0.1) is 13.2 Å². The van der Waals surface area contributed by atoms with Gasteiger partial charge in [-0.05, 0) is 36.4 Å². The lowest BCUT2D eigenvalue weighted by Crippen LogP contribution is -2.42. The zero-order chi connectivity index (χ0) is 21.0. The van der Waals surface area contributed by atoms with Crippen LogP contribution in [0.15, 0.2) is 78.7 Å². The summed E-state index contributed by atoms with van der Waals surface area (Å²) in [6.45, 7) is 7.35. The summed E-state index contributed by atoms with van der Waals surface area (Å²) >= 11 is 0. The fourth-order valence-electron chi connectivity index (χ4n) is 3.05. The van der Waals surface area contributed by atoms with E-state index in [1.165, 1.54) is 45.6 Å². The average molecular weight is 411 g/mol. The molecular weight excluding hydrogens is 390 g/mol. The Kier molecular flexibility index (Phi) is 5.95. The molecule has 3 rings (SSSR count). The van der Waals surface area contributed by atoms with E-state index in [0.29, 0.717) is 11.4 Å². The largest absolute Gasteiger partial charge is 0.323 e. The molecular formula is C21H21N3O4S. The Labute approximate surface area is 170 Å². The van der Waals surface area contributed by atoms with E-state index in [0.717, 1.165) is 0 Å². The molecule has 0 bridgehead atoms. The van der Waals surface area contributed by atoms with E-state index in [1.807, 2.05) is 0 Å². The number of nitrogens with one attached hydrogen (secondary N) is 1. The number of carbonyl (C=O) groups excluding carboxylic acids is 2. The second-order valence-corrected chi connectivity index (χ2v) is 8.32. The Morgan fingerprint density at radius 3 is 2.31 bits per heavy atom. The Morgan fingerprint density at radius 1 is 1.07 bits per heavy atom. The van der Waals surface area contributed by atoms with Crippen LogP contribution in [0, 0.1) is 0 Å². The molecule has 7 nitrogen and oxygen atoms in total. The van der Waals surface area contributed by atoms with Gasteiger partial charge in [0.05, 0.1) is 16.3 Å². The molecule has 0 aromatic heterocycles. The normalized spacial score (nSPS) is 13.6. The number of fused-ring (bicyclic) bond motifs is 1. The van der Waals surface area contributed by atoms with Gasteiger partial charge < -0.3 is 5.32 Å². The van der Waals surface area contributed by atoms with Crippen molar-refractivity contribution >= 4 is 33.2 Å². The number of anilines is 2. The molecule has 0 fully saturated rings. The molecule has 0 atom stereocenters. The highest BCUT2D eigenvalue weighted by molar-refractivity contribution is 7.89. The summed E-state index contributed by atoms with van der Waals surface area (Å²) in [5, 5.41) is 2.73. The third-order valence-corrected chi connectivity index (χ3v) is 6.27. The van der Waals surface area contributed by atoms with E-state index < -0.39 is 10.0 Å². The van der Waals surface area contributed by atoms with Gasteiger partial charge >= 0.3 is 0 Å². The molecule has 2 aromatic rings. The maximum absolute atomic E-state index is 13.0. The van der Waals surface area contributed by atoms with E-state index in [2.05, 4.69) is 18.5 Å². The molecule has 1 N–H and O–H groups in total. The molecule has 0 spiro atoms. The molecule has 1 aliphatic heterocycles. The van der Waals surface area contributed by atoms with Crippen molar-refractivity contribution < 1.29 is 18.0 Å². The van der Waals surface area contributed by atoms with Crippen molar-refractivity contribution in [3.8, 4) is 0 Å². The second-order valence-electron chi connectivity index (χ2n) is 6.38. The molecule has 0 unspecified atom stereocenters. The van der Waals surface area contributed by atoms with E-state index in [-0.39, 0.29) is 41.9 Å². The molecule has 1 aliphatic rings. The van der Waals surface area contributed by atoms with Gasteiger partial charge in [-0.25, -0.2) is 8.42 Å². The highest BCUT2D eigenvalue weighted by Gasteiger charge is 2.28. The number of carbonyl (C=O) groups is 2. The van der Waals surface area contributed by atoms with Crippen LogP contribution in [-0.4, -0.2) is 44.2 Å². The highest BCUT2D eigenvalue weighted by Crippen LogP contribution is 2.30. The van der Waals surface area contributed by atoms with Crippen LogP contribution in [0.5, 0.6) is 0 Å². The predicted molar refractivity (Wildman–Crippen MR) is 112 cm³/mol. The first-order valence-electron chi connectivity index (χ1n) is 8.91. The molecule has 0 saturated carbocycles. The maximum atomic E-state index is 13.0. The van der Waals surface area contributed by atoms with Crippen LogP contribution in [0.1, 0.15) is 10.4 Å². The zero-order valence-electron chi connectivity index (χ0n) is 15.7. The van der Waals surface area contributed by atoms with Crippen molar-refractivity contribution in [2.24, 2.45) is 0 Å². The summed E-state index contributed by atoms with van der Waals surface area (Å²) in [5.74, 6) is -0.675. The van der Waals surface area contributed by atoms with E-state index >= 15 is 0 Å². The van der Waals surface area contributed by atoms with Crippen molar-refractivity contribution in [1.82, 2.24) is 4.31 Å². The summed E-state index contributed by atoms with van der Waals surface area (Å²) < 4.78 is 26.8. The lowest BCUT2D eigenvalue weighted by Gasteiger charge is -2.29. The Morgan fingerprint density at radius 2 is 1.69 bits per heavy atom. The number of nitrogens with zero attached hydrogens (tertiary/aromatic N) is 2. The third kappa shape index (κ3) is 4.13. The molecule has 2 aromatic carbocycles. The Bertz CT molecular complexity index is 1050. The minimum absolute atomic E-state index is 0.0644. The summed E-state index contributed by atoms with van der Waals surface area (Å²) in [6, 6.07) is 12.7. The number of hydrogen-bond donors (Lipinski definition) is 1. The topological polar surface area (TPSA) is 86.8 Å². The molecule has 2 amide bonds. The summed E-state index contributed by atoms with van der Waals surface area (Å²) in [4.78, 5) is 26.4. The predicted octanol–water partition coefficient (Wildman–Crippen LogP) is 2.65. The minimum atomic E-state index is -3.75. The standard InChI is InChI=1S/C21H21N3O4S/c1-3-13-23(14-4-2)29(27,28)17-11-9-16(10-12-17)21(26)24-15-20(25)22-18-7-5-6-8-19(18)24/h3-12H,1-2,13-15H2,(H,22,25). The first kappa shape index (κ1) is 20.5. The van der Waals surface area contributed by atoms with Crippen LogP contribution in [0.2, 0.25) is 0 Å². The van der Waals surface area contributed by atoms with Gasteiger partial charge in [0.2, 0.25) is 15.9 Å². The summed E-state index contributed by atoms with van der Waals surface area (Å²) in [5.41, 5.74) is 1.44. The molecule has 1 heterocycles. The third-order valence-electron chi connectivity index (χ3n) is 4.42. The van der Waals surface area contributed by atoms with Gasteiger partial charge in [-0.3, -0.25) is 14.5 Å². The van der Waals surface area contributed by atoms with Gasteiger partial charge in [0.25, 0.3) is 5.91 Å². The van der Waals surface area contributed by atoms with Crippen LogP contribution in [0.4, 0.5) is 11.4 Å². The quantitative estimate of drug-likeness (QED) is 0.710.